The van der Waals surface area contributed by atoms with E-state index < -0.39 is 9.05 Å². The number of aromatic nitrogens is 1. The molecule has 0 saturated carbocycles. The van der Waals surface area contributed by atoms with Crippen LogP contribution in [-0.2, 0) is 15.5 Å². The summed E-state index contributed by atoms with van der Waals surface area (Å²) in [6.45, 7) is 1.89. The summed E-state index contributed by atoms with van der Waals surface area (Å²) in [7, 11) is 1.78. The summed E-state index contributed by atoms with van der Waals surface area (Å²) in [6.07, 6.45) is 0.412. The Balaban J connectivity index is 2.45. The van der Waals surface area contributed by atoms with Crippen LogP contribution in [0.15, 0.2) is 30.3 Å². The third-order valence-electron chi connectivity index (χ3n) is 2.55. The molecule has 90 valence electrons. The third-order valence-corrected chi connectivity index (χ3v) is 3.70. The maximum absolute atomic E-state index is 11.0. The van der Waals surface area contributed by atoms with Crippen molar-refractivity contribution >= 4 is 30.6 Å². The Bertz CT molecular complexity index is 653. The number of halogens is 1. The molecule has 0 spiro atoms. The quantitative estimate of drug-likeness (QED) is 0.805. The molecule has 1 heterocycles. The highest BCUT2D eigenvalue weighted by Crippen LogP contribution is 2.19. The van der Waals surface area contributed by atoms with E-state index in [0.717, 1.165) is 22.2 Å². The fraction of sp³-hybridized carbons (Fsp3) is 0.250. The molecule has 0 atom stereocenters. The molecular formula is C12H12ClNO2S. The third kappa shape index (κ3) is 3.17. The molecule has 0 aliphatic rings. The average Bonchev–Trinajstić information content (AvgIpc) is 2.24. The Morgan fingerprint density at radius 1 is 1.29 bits per heavy atom. The number of benzene rings is 1. The van der Waals surface area contributed by atoms with Gasteiger partial charge in [-0.15, -0.1) is 0 Å². The van der Waals surface area contributed by atoms with Crippen molar-refractivity contribution in [2.45, 2.75) is 13.3 Å². The normalized spacial score (nSPS) is 11.9. The molecular weight excluding hydrogens is 258 g/mol. The second kappa shape index (κ2) is 4.63. The van der Waals surface area contributed by atoms with Gasteiger partial charge in [0.25, 0.3) is 0 Å². The van der Waals surface area contributed by atoms with Crippen molar-refractivity contribution in [3.63, 3.8) is 0 Å². The molecule has 0 amide bonds. The van der Waals surface area contributed by atoms with Gasteiger partial charge >= 0.3 is 0 Å². The zero-order valence-corrected chi connectivity index (χ0v) is 10.9. The lowest BCUT2D eigenvalue weighted by Gasteiger charge is -2.06. The van der Waals surface area contributed by atoms with Crippen LogP contribution in [0.25, 0.3) is 10.9 Å². The zero-order valence-electron chi connectivity index (χ0n) is 9.35. The first-order valence-corrected chi connectivity index (χ1v) is 7.71. The van der Waals surface area contributed by atoms with Crippen molar-refractivity contribution in [1.29, 1.82) is 0 Å². The molecule has 0 bridgehead atoms. The predicted octanol–water partition coefficient (Wildman–Crippen LogP) is 2.65. The largest absolute Gasteiger partial charge is 0.253 e. The molecule has 5 heteroatoms. The number of aryl methyl sites for hydroxylation is 2. The van der Waals surface area contributed by atoms with Gasteiger partial charge in [-0.3, -0.25) is 4.98 Å². The standard InChI is InChI=1S/C12H12ClNO2S/c1-9-8-10(6-7-17(13,15)16)11-4-2-3-5-12(11)14-9/h2-5,8H,6-7H2,1H3. The summed E-state index contributed by atoms with van der Waals surface area (Å²) in [5.41, 5.74) is 2.73. The first-order chi connectivity index (χ1) is 7.96. The number of rotatable bonds is 3. The summed E-state index contributed by atoms with van der Waals surface area (Å²) in [6, 6.07) is 9.60. The van der Waals surface area contributed by atoms with Gasteiger partial charge in [-0.2, -0.15) is 0 Å². The second-order valence-electron chi connectivity index (χ2n) is 3.93. The van der Waals surface area contributed by atoms with Crippen LogP contribution in [0.1, 0.15) is 11.3 Å². The van der Waals surface area contributed by atoms with Crippen LogP contribution in [0.3, 0.4) is 0 Å². The van der Waals surface area contributed by atoms with Crippen LogP contribution in [0, 0.1) is 6.92 Å². The number of para-hydroxylation sites is 1. The van der Waals surface area contributed by atoms with Gasteiger partial charge < -0.3 is 0 Å². The predicted molar refractivity (Wildman–Crippen MR) is 69.8 cm³/mol. The van der Waals surface area contributed by atoms with Crippen LogP contribution in [0.5, 0.6) is 0 Å². The van der Waals surface area contributed by atoms with Crippen LogP contribution >= 0.6 is 10.7 Å². The van der Waals surface area contributed by atoms with Crippen LogP contribution in [0.2, 0.25) is 0 Å². The molecule has 0 N–H and O–H groups in total. The van der Waals surface area contributed by atoms with Gasteiger partial charge in [0.2, 0.25) is 9.05 Å². The maximum Gasteiger partial charge on any atom is 0.232 e. The molecule has 0 unspecified atom stereocenters. The Labute approximate surface area is 105 Å². The van der Waals surface area contributed by atoms with Crippen molar-refractivity contribution in [1.82, 2.24) is 4.98 Å². The number of hydrogen-bond donors (Lipinski definition) is 0. The Kier molecular flexibility index (Phi) is 3.35. The lowest BCUT2D eigenvalue weighted by atomic mass is 10.1. The number of pyridine rings is 1. The minimum absolute atomic E-state index is 0.0536. The van der Waals surface area contributed by atoms with Crippen molar-refractivity contribution in [2.75, 3.05) is 5.75 Å². The fourth-order valence-electron chi connectivity index (χ4n) is 1.83. The number of hydrogen-bond acceptors (Lipinski definition) is 3. The van der Waals surface area contributed by atoms with E-state index >= 15 is 0 Å². The van der Waals surface area contributed by atoms with Crippen molar-refractivity contribution in [3.8, 4) is 0 Å². The number of nitrogens with zero attached hydrogens (tertiary/aromatic N) is 1. The van der Waals surface area contributed by atoms with E-state index in [1.54, 1.807) is 0 Å². The van der Waals surface area contributed by atoms with Gasteiger partial charge in [-0.05, 0) is 31.0 Å². The molecule has 1 aromatic carbocycles. The van der Waals surface area contributed by atoms with Crippen LogP contribution in [-0.4, -0.2) is 19.2 Å². The average molecular weight is 270 g/mol. The Morgan fingerprint density at radius 2 is 2.00 bits per heavy atom. The van der Waals surface area contributed by atoms with E-state index in [1.807, 2.05) is 37.3 Å². The van der Waals surface area contributed by atoms with Crippen molar-refractivity contribution in [2.24, 2.45) is 0 Å². The maximum atomic E-state index is 11.0. The van der Waals surface area contributed by atoms with Gasteiger partial charge in [0.05, 0.1) is 11.3 Å². The molecule has 0 aliphatic heterocycles. The topological polar surface area (TPSA) is 47.0 Å². The molecule has 2 rings (SSSR count). The summed E-state index contributed by atoms with van der Waals surface area (Å²) >= 11 is 0. The van der Waals surface area contributed by atoms with Gasteiger partial charge in [-0.25, -0.2) is 8.42 Å². The molecule has 3 nitrogen and oxygen atoms in total. The van der Waals surface area contributed by atoms with E-state index in [9.17, 15) is 8.42 Å². The molecule has 17 heavy (non-hydrogen) atoms. The van der Waals surface area contributed by atoms with Gasteiger partial charge in [-0.1, -0.05) is 18.2 Å². The van der Waals surface area contributed by atoms with E-state index in [2.05, 4.69) is 4.98 Å². The monoisotopic (exact) mass is 269 g/mol. The first kappa shape index (κ1) is 12.3. The first-order valence-electron chi connectivity index (χ1n) is 5.23. The minimum Gasteiger partial charge on any atom is -0.253 e. The smallest absolute Gasteiger partial charge is 0.232 e. The highest BCUT2D eigenvalue weighted by Gasteiger charge is 2.09. The van der Waals surface area contributed by atoms with Crippen molar-refractivity contribution in [3.05, 3.63) is 41.6 Å². The lowest BCUT2D eigenvalue weighted by Crippen LogP contribution is -2.02. The van der Waals surface area contributed by atoms with Crippen LogP contribution < -0.4 is 0 Å². The molecule has 1 aromatic heterocycles. The van der Waals surface area contributed by atoms with E-state index in [4.69, 9.17) is 10.7 Å². The van der Waals surface area contributed by atoms with E-state index in [0.29, 0.717) is 6.42 Å². The lowest BCUT2D eigenvalue weighted by molar-refractivity contribution is 0.609. The van der Waals surface area contributed by atoms with E-state index in [-0.39, 0.29) is 5.75 Å². The zero-order chi connectivity index (χ0) is 12.5. The molecule has 0 radical (unpaired) electrons. The number of fused-ring (bicyclic) bond motifs is 1. The highest BCUT2D eigenvalue weighted by atomic mass is 35.7. The van der Waals surface area contributed by atoms with Crippen LogP contribution in [0.4, 0.5) is 0 Å². The Morgan fingerprint density at radius 3 is 2.71 bits per heavy atom. The molecule has 0 fully saturated rings. The van der Waals surface area contributed by atoms with E-state index in [1.165, 1.54) is 0 Å². The highest BCUT2D eigenvalue weighted by molar-refractivity contribution is 8.13. The van der Waals surface area contributed by atoms with Gasteiger partial charge in [0.1, 0.15) is 0 Å². The Hall–Kier alpha value is -1.13. The summed E-state index contributed by atoms with van der Waals surface area (Å²) in [5.74, 6) is -0.0536. The molecule has 0 aliphatic carbocycles. The molecule has 2 aromatic rings. The SMILES string of the molecule is Cc1cc(CCS(=O)(=O)Cl)c2ccccc2n1. The minimum atomic E-state index is -3.45. The molecule has 0 saturated heterocycles. The van der Waals surface area contributed by atoms with Crippen molar-refractivity contribution < 1.29 is 8.42 Å². The summed E-state index contributed by atoms with van der Waals surface area (Å²) in [5, 5.41) is 0.985. The fourth-order valence-corrected chi connectivity index (χ4v) is 2.53. The van der Waals surface area contributed by atoms with Gasteiger partial charge in [0, 0.05) is 21.8 Å². The summed E-state index contributed by atoms with van der Waals surface area (Å²) in [4.78, 5) is 4.40. The summed E-state index contributed by atoms with van der Waals surface area (Å²) < 4.78 is 22.0. The second-order valence-corrected chi connectivity index (χ2v) is 6.83. The van der Waals surface area contributed by atoms with Gasteiger partial charge in [0.15, 0.2) is 0 Å².